The van der Waals surface area contributed by atoms with Crippen LogP contribution in [0.5, 0.6) is 0 Å². The van der Waals surface area contributed by atoms with Crippen molar-refractivity contribution in [2.45, 2.75) is 45.1 Å². The normalized spacial score (nSPS) is 18.7. The summed E-state index contributed by atoms with van der Waals surface area (Å²) < 4.78 is 40.4. The first-order valence-electron chi connectivity index (χ1n) is 7.72. The lowest BCUT2D eigenvalue weighted by Crippen LogP contribution is -2.36. The molecule has 0 aromatic heterocycles. The van der Waals surface area contributed by atoms with E-state index < -0.39 is 49.7 Å². The topological polar surface area (TPSA) is 90.6 Å². The third-order valence-corrected chi connectivity index (χ3v) is 2.09. The molecule has 0 aliphatic heterocycles. The minimum Gasteiger partial charge on any atom is -0.468 e. The van der Waals surface area contributed by atoms with Crippen LogP contribution in [0.25, 0.3) is 0 Å². The number of rotatable bonds is 9. The number of nitrogens with two attached hydrogens (primary N) is 1. The highest BCUT2D eigenvalue weighted by atomic mass is 16.5. The maximum absolute atomic E-state index is 11.4. The van der Waals surface area contributed by atoms with E-state index in [1.807, 2.05) is 0 Å². The molecule has 0 aliphatic carbocycles. The van der Waals surface area contributed by atoms with Crippen molar-refractivity contribution in [2.24, 2.45) is 5.73 Å². The van der Waals surface area contributed by atoms with E-state index in [9.17, 15) is 9.59 Å². The molecule has 0 aromatic rings. The van der Waals surface area contributed by atoms with Crippen LogP contribution >= 0.6 is 0 Å². The molecule has 6 nitrogen and oxygen atoms in total. The van der Waals surface area contributed by atoms with Gasteiger partial charge in [0.1, 0.15) is 12.1 Å². The Morgan fingerprint density at radius 2 is 2.06 bits per heavy atom. The quantitative estimate of drug-likeness (QED) is 0.578. The monoisotopic (exact) mass is 264 g/mol. The van der Waals surface area contributed by atoms with Crippen molar-refractivity contribution in [3.05, 3.63) is 0 Å². The van der Waals surface area contributed by atoms with Crippen LogP contribution in [0.15, 0.2) is 0 Å². The van der Waals surface area contributed by atoms with Gasteiger partial charge in [-0.15, -0.1) is 0 Å². The predicted molar refractivity (Wildman–Crippen MR) is 67.9 cm³/mol. The van der Waals surface area contributed by atoms with Gasteiger partial charge in [-0.3, -0.25) is 9.59 Å². The van der Waals surface area contributed by atoms with Crippen molar-refractivity contribution < 1.29 is 24.5 Å². The number of hydrogen-bond donors (Lipinski definition) is 2. The van der Waals surface area contributed by atoms with Gasteiger partial charge in [0, 0.05) is 5.48 Å². The molecular formula is C12H24N2O4. The number of nitrogens with one attached hydrogen (secondary N) is 1. The Kier molecular flexibility index (Phi) is 5.88. The first kappa shape index (κ1) is 10.8. The van der Waals surface area contributed by atoms with Crippen molar-refractivity contribution >= 4 is 11.9 Å². The van der Waals surface area contributed by atoms with Gasteiger partial charge in [-0.1, -0.05) is 6.37 Å². The van der Waals surface area contributed by atoms with E-state index >= 15 is 0 Å². The van der Waals surface area contributed by atoms with Gasteiger partial charge < -0.3 is 20.5 Å². The van der Waals surface area contributed by atoms with Gasteiger partial charge in [0.2, 0.25) is 0 Å². The molecule has 0 bridgehead atoms. The molecule has 106 valence electrons. The summed E-state index contributed by atoms with van der Waals surface area (Å²) >= 11 is 0. The van der Waals surface area contributed by atoms with Gasteiger partial charge in [0.15, 0.2) is 0 Å². The van der Waals surface area contributed by atoms with Crippen LogP contribution in [0.4, 0.5) is 0 Å². The fourth-order valence-electron chi connectivity index (χ4n) is 1.03. The molecule has 0 amide bonds. The minimum atomic E-state index is -2.39. The van der Waals surface area contributed by atoms with Crippen LogP contribution in [-0.2, 0) is 19.1 Å². The number of ether oxygens (including phenoxy) is 2. The van der Waals surface area contributed by atoms with Crippen LogP contribution < -0.4 is 11.1 Å². The lowest BCUT2D eigenvalue weighted by molar-refractivity contribution is -0.145. The van der Waals surface area contributed by atoms with Crippen molar-refractivity contribution in [1.29, 1.82) is 0 Å². The van der Waals surface area contributed by atoms with Crippen molar-refractivity contribution in [2.75, 3.05) is 20.3 Å². The van der Waals surface area contributed by atoms with E-state index in [2.05, 4.69) is 10.1 Å². The van der Waals surface area contributed by atoms with E-state index in [-0.39, 0.29) is 6.61 Å². The van der Waals surface area contributed by atoms with Crippen LogP contribution in [0.1, 0.15) is 38.5 Å². The molecule has 0 radical (unpaired) electrons. The fraction of sp³-hybridized carbons (Fsp3) is 0.833. The van der Waals surface area contributed by atoms with Gasteiger partial charge >= 0.3 is 11.9 Å². The molecule has 0 aromatic carbocycles. The van der Waals surface area contributed by atoms with Crippen LogP contribution in [-0.4, -0.2) is 44.3 Å². The van der Waals surface area contributed by atoms with Gasteiger partial charge in [-0.25, -0.2) is 0 Å². The average Bonchev–Trinajstić information content (AvgIpc) is 2.43. The van der Waals surface area contributed by atoms with Gasteiger partial charge in [-0.2, -0.15) is 0 Å². The Bertz CT molecular complexity index is 393. The van der Waals surface area contributed by atoms with E-state index in [1.54, 1.807) is 6.92 Å². The number of carbonyl (C=O) groups is 2. The smallest absolute Gasteiger partial charge is 0.322 e. The molecule has 18 heavy (non-hydrogen) atoms. The second-order valence-electron chi connectivity index (χ2n) is 3.54. The van der Waals surface area contributed by atoms with Crippen molar-refractivity contribution in [1.82, 2.24) is 5.32 Å². The van der Waals surface area contributed by atoms with Gasteiger partial charge in [0.05, 0.1) is 13.7 Å². The largest absolute Gasteiger partial charge is 0.468 e. The molecule has 2 atom stereocenters. The molecule has 0 fully saturated rings. The lowest BCUT2D eigenvalue weighted by Gasteiger charge is -2.13. The first-order chi connectivity index (χ1) is 9.98. The zero-order chi connectivity index (χ0) is 17.6. The SMILES string of the molecule is [2H]C([2H])(CNC(C)C(=O)OCC)C([2H])([2H])C[C@H](N)C(=O)OC. The van der Waals surface area contributed by atoms with Crippen LogP contribution in [0.2, 0.25) is 0 Å². The summed E-state index contributed by atoms with van der Waals surface area (Å²) in [5.74, 6) is -1.36. The molecular weight excluding hydrogens is 236 g/mol. The Morgan fingerprint density at radius 3 is 2.61 bits per heavy atom. The van der Waals surface area contributed by atoms with E-state index in [0.717, 1.165) is 7.11 Å². The highest BCUT2D eigenvalue weighted by Crippen LogP contribution is 2.00. The predicted octanol–water partition coefficient (Wildman–Crippen LogP) is 0.198. The average molecular weight is 264 g/mol. The van der Waals surface area contributed by atoms with Crippen LogP contribution in [0.3, 0.4) is 0 Å². The number of esters is 2. The molecule has 0 spiro atoms. The Hall–Kier alpha value is -1.14. The minimum absolute atomic E-state index is 0.201. The third kappa shape index (κ3) is 7.24. The van der Waals surface area contributed by atoms with Gasteiger partial charge in [0.25, 0.3) is 0 Å². The zero-order valence-electron chi connectivity index (χ0n) is 15.0. The molecule has 0 rings (SSSR count). The highest BCUT2D eigenvalue weighted by Gasteiger charge is 2.14. The Labute approximate surface area is 114 Å². The Morgan fingerprint density at radius 1 is 1.39 bits per heavy atom. The lowest BCUT2D eigenvalue weighted by atomic mass is 10.1. The summed E-state index contributed by atoms with van der Waals surface area (Å²) in [7, 11) is 1.12. The zero-order valence-corrected chi connectivity index (χ0v) is 11.0. The van der Waals surface area contributed by atoms with Crippen molar-refractivity contribution in [3.63, 3.8) is 0 Å². The summed E-state index contributed by atoms with van der Waals surface area (Å²) in [4.78, 5) is 22.7. The molecule has 3 N–H and O–H groups in total. The third-order valence-electron chi connectivity index (χ3n) is 2.09. The molecule has 6 heteroatoms. The molecule has 1 unspecified atom stereocenters. The summed E-state index contributed by atoms with van der Waals surface area (Å²) in [5.41, 5.74) is 5.48. The fourth-order valence-corrected chi connectivity index (χ4v) is 1.03. The Balaban J connectivity index is 4.69. The number of hydrogen-bond acceptors (Lipinski definition) is 6. The number of methoxy groups -OCH3 is 1. The van der Waals surface area contributed by atoms with E-state index in [0.29, 0.717) is 0 Å². The highest BCUT2D eigenvalue weighted by molar-refractivity contribution is 5.75. The van der Waals surface area contributed by atoms with E-state index in [1.165, 1.54) is 6.92 Å². The maximum Gasteiger partial charge on any atom is 0.322 e. The van der Waals surface area contributed by atoms with E-state index in [4.69, 9.17) is 16.0 Å². The van der Waals surface area contributed by atoms with Gasteiger partial charge in [-0.05, 0) is 33.2 Å². The number of carbonyl (C=O) groups excluding carboxylic acids is 2. The summed E-state index contributed by atoms with van der Waals surface area (Å²) in [6.45, 7) is 2.90. The standard InChI is InChI=1S/C12H24N2O4/c1-4-18-11(15)9(2)14-8-6-5-7-10(13)12(16)17-3/h9-10,14H,4-8,13H2,1-3H3/t9?,10-/m0/s1/i5D2,6D2. The van der Waals surface area contributed by atoms with Crippen molar-refractivity contribution in [3.8, 4) is 0 Å². The second kappa shape index (κ2) is 9.85. The molecule has 0 aliphatic rings. The summed E-state index contributed by atoms with van der Waals surface area (Å²) in [5, 5.41) is 2.58. The summed E-state index contributed by atoms with van der Waals surface area (Å²) in [6, 6.07) is -2.04. The molecule has 0 saturated carbocycles. The second-order valence-corrected chi connectivity index (χ2v) is 3.54. The molecule has 0 heterocycles. The summed E-state index contributed by atoms with van der Waals surface area (Å²) in [6.07, 6.45) is -5.27. The maximum atomic E-state index is 11.4. The first-order valence-corrected chi connectivity index (χ1v) is 5.72. The molecule has 0 saturated heterocycles. The van der Waals surface area contributed by atoms with Crippen LogP contribution in [0, 0.1) is 0 Å².